The molecule has 1 radical (unpaired) electrons. The van der Waals surface area contributed by atoms with Crippen LogP contribution in [0.5, 0.6) is 0 Å². The summed E-state index contributed by atoms with van der Waals surface area (Å²) in [5.74, 6) is 1.09. The lowest BCUT2D eigenvalue weighted by molar-refractivity contribution is 0.421. The van der Waals surface area contributed by atoms with E-state index in [1.54, 1.807) is 17.7 Å². The first kappa shape index (κ1) is 9.66. The summed E-state index contributed by atoms with van der Waals surface area (Å²) in [5.41, 5.74) is 7.64. The van der Waals surface area contributed by atoms with Crippen LogP contribution in [0.3, 0.4) is 0 Å². The predicted octanol–water partition coefficient (Wildman–Crippen LogP) is 1.52. The van der Waals surface area contributed by atoms with Gasteiger partial charge in [-0.15, -0.1) is 11.7 Å². The van der Waals surface area contributed by atoms with E-state index in [9.17, 15) is 0 Å². The van der Waals surface area contributed by atoms with Gasteiger partial charge in [-0.1, -0.05) is 15.7 Å². The molecule has 0 amide bonds. The fraction of sp³-hybridized carbons (Fsp3) is 0.125. The molecule has 0 spiro atoms. The van der Waals surface area contributed by atoms with E-state index in [0.717, 1.165) is 5.56 Å². The zero-order valence-electron chi connectivity index (χ0n) is 7.75. The second-order valence-electron chi connectivity index (χ2n) is 2.67. The summed E-state index contributed by atoms with van der Waals surface area (Å²) < 4.78 is 8.49. The van der Waals surface area contributed by atoms with Gasteiger partial charge in [-0.2, -0.15) is 5.43 Å². The van der Waals surface area contributed by atoms with E-state index in [1.165, 1.54) is 11.5 Å². The van der Waals surface area contributed by atoms with Crippen molar-refractivity contribution in [2.45, 2.75) is 6.42 Å². The zero-order valence-corrected chi connectivity index (χ0v) is 8.57. The van der Waals surface area contributed by atoms with Crippen molar-refractivity contribution in [3.8, 4) is 0 Å². The first-order valence-corrected chi connectivity index (χ1v) is 5.01. The number of hydrogen-bond donors (Lipinski definition) is 1. The molecule has 0 unspecified atom stereocenters. The summed E-state index contributed by atoms with van der Waals surface area (Å²) in [6.45, 7) is 3.64. The van der Waals surface area contributed by atoms with Gasteiger partial charge in [-0.05, 0) is 18.0 Å². The minimum atomic E-state index is 0.521. The molecule has 1 N–H and O–H groups in total. The molecule has 0 atom stereocenters. The van der Waals surface area contributed by atoms with Crippen LogP contribution < -0.4 is 10.9 Å². The molecule has 2 aromatic rings. The average molecular weight is 222 g/mol. The van der Waals surface area contributed by atoms with Crippen molar-refractivity contribution >= 4 is 23.2 Å². The summed E-state index contributed by atoms with van der Waals surface area (Å²) in [6.07, 6.45) is 4.00. The number of rotatable bonds is 5. The third-order valence-corrected chi connectivity index (χ3v) is 2.12. The molecule has 0 saturated heterocycles. The maximum Gasteiger partial charge on any atom is 0.206 e. The van der Waals surface area contributed by atoms with E-state index in [4.69, 9.17) is 4.52 Å². The monoisotopic (exact) mass is 222 g/mol. The van der Waals surface area contributed by atoms with Crippen LogP contribution in [0.4, 0.5) is 11.6 Å². The van der Waals surface area contributed by atoms with E-state index >= 15 is 0 Å². The highest BCUT2D eigenvalue weighted by Crippen LogP contribution is 2.14. The predicted molar refractivity (Wildman–Crippen MR) is 55.7 cm³/mol. The van der Waals surface area contributed by atoms with Gasteiger partial charge in [0.25, 0.3) is 0 Å². The molecular formula is C8H8N5OS. The SMILES string of the molecule is C=CCc1conc1N[N]c1csnn1. The van der Waals surface area contributed by atoms with Crippen molar-refractivity contribution in [1.82, 2.24) is 20.2 Å². The van der Waals surface area contributed by atoms with Crippen molar-refractivity contribution in [1.29, 1.82) is 0 Å². The number of anilines is 1. The van der Waals surface area contributed by atoms with Gasteiger partial charge in [0.15, 0.2) is 5.82 Å². The molecule has 0 aliphatic rings. The van der Waals surface area contributed by atoms with E-state index < -0.39 is 0 Å². The van der Waals surface area contributed by atoms with Crippen molar-refractivity contribution in [3.05, 3.63) is 29.9 Å². The molecule has 6 nitrogen and oxygen atoms in total. The van der Waals surface area contributed by atoms with Gasteiger partial charge < -0.3 is 4.52 Å². The Kier molecular flexibility index (Phi) is 2.93. The molecule has 7 heteroatoms. The van der Waals surface area contributed by atoms with E-state index in [0.29, 0.717) is 18.1 Å². The molecule has 0 aromatic carbocycles. The molecule has 0 aliphatic carbocycles. The minimum absolute atomic E-state index is 0.521. The molecule has 0 aliphatic heterocycles. The number of aromatic nitrogens is 3. The van der Waals surface area contributed by atoms with Crippen LogP contribution in [-0.2, 0) is 6.42 Å². The molecule has 15 heavy (non-hydrogen) atoms. The molecule has 2 rings (SSSR count). The van der Waals surface area contributed by atoms with Gasteiger partial charge in [0.2, 0.25) is 5.82 Å². The number of nitrogens with zero attached hydrogens (tertiary/aromatic N) is 4. The summed E-state index contributed by atoms with van der Waals surface area (Å²) in [4.78, 5) is 0. The quantitative estimate of drug-likeness (QED) is 0.613. The van der Waals surface area contributed by atoms with Gasteiger partial charge in [-0.25, -0.2) is 0 Å². The molecular weight excluding hydrogens is 214 g/mol. The van der Waals surface area contributed by atoms with Gasteiger partial charge >= 0.3 is 0 Å². The molecule has 0 bridgehead atoms. The Morgan fingerprint density at radius 2 is 2.60 bits per heavy atom. The maximum atomic E-state index is 4.81. The van der Waals surface area contributed by atoms with E-state index in [2.05, 4.69) is 32.2 Å². The summed E-state index contributed by atoms with van der Waals surface area (Å²) in [7, 11) is 0. The highest BCUT2D eigenvalue weighted by Gasteiger charge is 2.06. The van der Waals surface area contributed by atoms with Crippen LogP contribution in [0, 0.1) is 0 Å². The Morgan fingerprint density at radius 3 is 3.33 bits per heavy atom. The Bertz CT molecular complexity index is 424. The van der Waals surface area contributed by atoms with Crippen LogP contribution in [0.15, 0.2) is 28.8 Å². The topological polar surface area (TPSA) is 77.9 Å². The average Bonchev–Trinajstić information content (AvgIpc) is 2.85. The van der Waals surface area contributed by atoms with Gasteiger partial charge in [0.1, 0.15) is 6.26 Å². The third kappa shape index (κ3) is 2.32. The maximum absolute atomic E-state index is 4.81. The second-order valence-corrected chi connectivity index (χ2v) is 3.28. The largest absolute Gasteiger partial charge is 0.362 e. The van der Waals surface area contributed by atoms with Crippen molar-refractivity contribution in [3.63, 3.8) is 0 Å². The Hall–Kier alpha value is -1.89. The number of nitrogens with one attached hydrogen (secondary N) is 1. The Balaban J connectivity index is 1.98. The van der Waals surface area contributed by atoms with Gasteiger partial charge in [0.05, 0.1) is 5.38 Å². The lowest BCUT2D eigenvalue weighted by Crippen LogP contribution is -2.09. The Morgan fingerprint density at radius 1 is 1.67 bits per heavy atom. The smallest absolute Gasteiger partial charge is 0.206 e. The summed E-state index contributed by atoms with van der Waals surface area (Å²) in [6, 6.07) is 0. The van der Waals surface area contributed by atoms with Crippen LogP contribution in [0.1, 0.15) is 5.56 Å². The zero-order chi connectivity index (χ0) is 10.5. The molecule has 77 valence electrons. The van der Waals surface area contributed by atoms with Crippen LogP contribution in [-0.4, -0.2) is 14.7 Å². The Labute approximate surface area is 90.1 Å². The van der Waals surface area contributed by atoms with Gasteiger partial charge in [0, 0.05) is 5.56 Å². The number of allylic oxidation sites excluding steroid dienone is 1. The molecule has 0 saturated carbocycles. The van der Waals surface area contributed by atoms with Crippen molar-refractivity contribution < 1.29 is 4.52 Å². The van der Waals surface area contributed by atoms with Crippen molar-refractivity contribution in [2.24, 2.45) is 0 Å². The summed E-state index contributed by atoms with van der Waals surface area (Å²) in [5, 5.41) is 9.24. The third-order valence-electron chi connectivity index (χ3n) is 1.63. The minimum Gasteiger partial charge on any atom is -0.362 e. The van der Waals surface area contributed by atoms with Crippen LogP contribution >= 0.6 is 11.5 Å². The van der Waals surface area contributed by atoms with E-state index in [1.807, 2.05) is 0 Å². The number of hydrogen-bond acceptors (Lipinski definition) is 6. The fourth-order valence-corrected chi connectivity index (χ4v) is 1.34. The standard InChI is InChI=1S/C8H8N5OS/c1-2-3-6-4-14-12-8(6)11-9-7-5-15-13-10-7/h2,4-5H,1,3H2,(H,11,12). The van der Waals surface area contributed by atoms with Crippen LogP contribution in [0.2, 0.25) is 0 Å². The lowest BCUT2D eigenvalue weighted by atomic mass is 10.2. The first-order chi connectivity index (χ1) is 7.40. The summed E-state index contributed by atoms with van der Waals surface area (Å²) >= 11 is 1.24. The second kappa shape index (κ2) is 4.56. The highest BCUT2D eigenvalue weighted by molar-refractivity contribution is 7.03. The van der Waals surface area contributed by atoms with E-state index in [-0.39, 0.29) is 0 Å². The first-order valence-electron chi connectivity index (χ1n) is 4.18. The highest BCUT2D eigenvalue weighted by atomic mass is 32.1. The van der Waals surface area contributed by atoms with Crippen LogP contribution in [0.25, 0.3) is 0 Å². The van der Waals surface area contributed by atoms with Gasteiger partial charge in [-0.3, -0.25) is 5.43 Å². The lowest BCUT2D eigenvalue weighted by Gasteiger charge is -1.99. The van der Waals surface area contributed by atoms with Crippen molar-refractivity contribution in [2.75, 3.05) is 5.43 Å². The molecule has 2 aromatic heterocycles. The fourth-order valence-electron chi connectivity index (χ4n) is 0.968. The normalized spacial score (nSPS) is 9.87. The molecule has 0 fully saturated rings. The molecule has 2 heterocycles.